The van der Waals surface area contributed by atoms with Gasteiger partial charge in [-0.3, -0.25) is 0 Å². The predicted molar refractivity (Wildman–Crippen MR) is 68.8 cm³/mol. The predicted octanol–water partition coefficient (Wildman–Crippen LogP) is 2.33. The second-order valence-corrected chi connectivity index (χ2v) is 5.00. The number of benzene rings is 1. The number of hydrogen-bond acceptors (Lipinski definition) is 3. The third kappa shape index (κ3) is 5.02. The van der Waals surface area contributed by atoms with E-state index >= 15 is 0 Å². The van der Waals surface area contributed by atoms with E-state index in [-0.39, 0.29) is 12.4 Å². The molecule has 0 fully saturated rings. The van der Waals surface area contributed by atoms with Crippen LogP contribution in [0.2, 0.25) is 0 Å². The van der Waals surface area contributed by atoms with Crippen molar-refractivity contribution in [2.75, 3.05) is 19.7 Å². The van der Waals surface area contributed by atoms with Crippen molar-refractivity contribution < 1.29 is 14.2 Å². The van der Waals surface area contributed by atoms with Crippen LogP contribution in [-0.4, -0.2) is 30.4 Å². The molecule has 0 spiro atoms. The maximum atomic E-state index is 12.8. The summed E-state index contributed by atoms with van der Waals surface area (Å²) in [6.07, 6.45) is 0. The highest BCUT2D eigenvalue weighted by Crippen LogP contribution is 2.26. The summed E-state index contributed by atoms with van der Waals surface area (Å²) in [4.78, 5) is 0. The summed E-state index contributed by atoms with van der Waals surface area (Å²) in [6, 6.07) is 4.18. The molecule has 0 saturated carbocycles. The van der Waals surface area contributed by atoms with Gasteiger partial charge >= 0.3 is 0 Å². The summed E-state index contributed by atoms with van der Waals surface area (Å²) in [6.45, 7) is 5.03. The van der Waals surface area contributed by atoms with E-state index in [2.05, 4.69) is 21.2 Å². The van der Waals surface area contributed by atoms with Crippen molar-refractivity contribution in [3.8, 4) is 5.75 Å². The molecule has 0 aliphatic carbocycles. The van der Waals surface area contributed by atoms with Gasteiger partial charge in [-0.25, -0.2) is 4.39 Å². The third-order valence-corrected chi connectivity index (χ3v) is 2.81. The molecule has 1 atom stereocenters. The van der Waals surface area contributed by atoms with E-state index in [0.717, 1.165) is 6.54 Å². The monoisotopic (exact) mass is 305 g/mol. The third-order valence-electron chi connectivity index (χ3n) is 2.19. The van der Waals surface area contributed by atoms with Crippen LogP contribution in [0, 0.1) is 5.82 Å². The Morgan fingerprint density at radius 1 is 1.53 bits per heavy atom. The molecule has 1 aromatic carbocycles. The SMILES string of the molecule is CCNCC(C)(O)COc1ccc(F)cc1Br. The molecular formula is C12H17BrFNO2. The van der Waals surface area contributed by atoms with Crippen molar-refractivity contribution in [2.45, 2.75) is 19.4 Å². The Morgan fingerprint density at radius 2 is 2.24 bits per heavy atom. The van der Waals surface area contributed by atoms with Crippen molar-refractivity contribution >= 4 is 15.9 Å². The minimum absolute atomic E-state index is 0.143. The van der Waals surface area contributed by atoms with Crippen molar-refractivity contribution in [3.05, 3.63) is 28.5 Å². The molecule has 2 N–H and O–H groups in total. The first-order valence-electron chi connectivity index (χ1n) is 5.45. The van der Waals surface area contributed by atoms with Crippen LogP contribution < -0.4 is 10.1 Å². The fourth-order valence-electron chi connectivity index (χ4n) is 1.27. The molecule has 5 heteroatoms. The first kappa shape index (κ1) is 14.4. The van der Waals surface area contributed by atoms with Crippen LogP contribution in [0.5, 0.6) is 5.75 Å². The van der Waals surface area contributed by atoms with Gasteiger partial charge in [0.15, 0.2) is 0 Å². The van der Waals surface area contributed by atoms with Gasteiger partial charge in [0, 0.05) is 6.54 Å². The number of hydrogen-bond donors (Lipinski definition) is 2. The van der Waals surface area contributed by atoms with Crippen LogP contribution in [0.1, 0.15) is 13.8 Å². The van der Waals surface area contributed by atoms with Crippen molar-refractivity contribution in [3.63, 3.8) is 0 Å². The zero-order chi connectivity index (χ0) is 12.9. The Hall–Kier alpha value is -0.650. The van der Waals surface area contributed by atoms with Gasteiger partial charge in [0.1, 0.15) is 23.8 Å². The van der Waals surface area contributed by atoms with E-state index in [1.807, 2.05) is 6.92 Å². The van der Waals surface area contributed by atoms with Gasteiger partial charge in [0.2, 0.25) is 0 Å². The van der Waals surface area contributed by atoms with E-state index in [0.29, 0.717) is 16.8 Å². The van der Waals surface area contributed by atoms with Gasteiger partial charge in [-0.1, -0.05) is 6.92 Å². The molecule has 0 aliphatic rings. The summed E-state index contributed by atoms with van der Waals surface area (Å²) >= 11 is 3.21. The zero-order valence-electron chi connectivity index (χ0n) is 9.96. The van der Waals surface area contributed by atoms with Crippen molar-refractivity contribution in [1.29, 1.82) is 0 Å². The molecule has 0 heterocycles. The number of aliphatic hydroxyl groups is 1. The van der Waals surface area contributed by atoms with E-state index in [1.165, 1.54) is 18.2 Å². The molecule has 0 amide bonds. The summed E-state index contributed by atoms with van der Waals surface area (Å²) in [7, 11) is 0. The van der Waals surface area contributed by atoms with Crippen LogP contribution in [0.3, 0.4) is 0 Å². The van der Waals surface area contributed by atoms with Crippen molar-refractivity contribution in [1.82, 2.24) is 5.32 Å². The van der Waals surface area contributed by atoms with Gasteiger partial charge in [-0.2, -0.15) is 0 Å². The molecule has 17 heavy (non-hydrogen) atoms. The highest BCUT2D eigenvalue weighted by atomic mass is 79.9. The Bertz CT molecular complexity index is 372. The average Bonchev–Trinajstić information content (AvgIpc) is 2.25. The standard InChI is InChI=1S/C12H17BrFNO2/c1-3-15-7-12(2,16)8-17-11-5-4-9(14)6-10(11)13/h4-6,15-16H,3,7-8H2,1-2H3. The molecule has 1 rings (SSSR count). The highest BCUT2D eigenvalue weighted by molar-refractivity contribution is 9.10. The smallest absolute Gasteiger partial charge is 0.133 e. The number of rotatable bonds is 6. The van der Waals surface area contributed by atoms with Gasteiger partial charge in [0.25, 0.3) is 0 Å². The zero-order valence-corrected chi connectivity index (χ0v) is 11.6. The van der Waals surface area contributed by atoms with Gasteiger partial charge in [0.05, 0.1) is 4.47 Å². The Balaban J connectivity index is 2.54. The lowest BCUT2D eigenvalue weighted by molar-refractivity contribution is 0.0125. The van der Waals surface area contributed by atoms with Crippen LogP contribution in [0.15, 0.2) is 22.7 Å². The molecule has 1 aromatic rings. The van der Waals surface area contributed by atoms with Crippen LogP contribution in [-0.2, 0) is 0 Å². The summed E-state index contributed by atoms with van der Waals surface area (Å²) < 4.78 is 18.8. The minimum Gasteiger partial charge on any atom is -0.489 e. The second kappa shape index (κ2) is 6.33. The fourth-order valence-corrected chi connectivity index (χ4v) is 1.74. The summed E-state index contributed by atoms with van der Waals surface area (Å²) in [5.74, 6) is 0.187. The molecule has 0 aliphatic heterocycles. The molecule has 0 aromatic heterocycles. The molecule has 96 valence electrons. The molecule has 0 saturated heterocycles. The lowest BCUT2D eigenvalue weighted by Gasteiger charge is -2.24. The van der Waals surface area contributed by atoms with Crippen LogP contribution in [0.25, 0.3) is 0 Å². The quantitative estimate of drug-likeness (QED) is 0.847. The summed E-state index contributed by atoms with van der Waals surface area (Å²) in [5, 5.41) is 13.0. The minimum atomic E-state index is -0.955. The number of likely N-dealkylation sites (N-methyl/N-ethyl adjacent to an activating group) is 1. The first-order valence-corrected chi connectivity index (χ1v) is 6.25. The number of ether oxygens (including phenoxy) is 1. The molecule has 0 radical (unpaired) electrons. The molecule has 0 bridgehead atoms. The number of halogens is 2. The second-order valence-electron chi connectivity index (χ2n) is 4.14. The van der Waals surface area contributed by atoms with Gasteiger partial charge in [-0.05, 0) is 47.6 Å². The van der Waals surface area contributed by atoms with Gasteiger partial charge < -0.3 is 15.2 Å². The Morgan fingerprint density at radius 3 is 2.82 bits per heavy atom. The van der Waals surface area contributed by atoms with E-state index in [1.54, 1.807) is 6.92 Å². The van der Waals surface area contributed by atoms with E-state index < -0.39 is 5.60 Å². The van der Waals surface area contributed by atoms with Crippen LogP contribution >= 0.6 is 15.9 Å². The Kier molecular flexibility index (Phi) is 5.36. The fraction of sp³-hybridized carbons (Fsp3) is 0.500. The van der Waals surface area contributed by atoms with E-state index in [4.69, 9.17) is 4.74 Å². The lowest BCUT2D eigenvalue weighted by Crippen LogP contribution is -2.42. The largest absolute Gasteiger partial charge is 0.489 e. The van der Waals surface area contributed by atoms with E-state index in [9.17, 15) is 9.50 Å². The van der Waals surface area contributed by atoms with Crippen LogP contribution in [0.4, 0.5) is 4.39 Å². The normalized spacial score (nSPS) is 14.4. The maximum Gasteiger partial charge on any atom is 0.133 e. The molecule has 1 unspecified atom stereocenters. The maximum absolute atomic E-state index is 12.8. The molecule has 3 nitrogen and oxygen atoms in total. The number of nitrogens with one attached hydrogen (secondary N) is 1. The average molecular weight is 306 g/mol. The first-order chi connectivity index (χ1) is 7.94. The Labute approximate surface area is 109 Å². The van der Waals surface area contributed by atoms with Crippen molar-refractivity contribution in [2.24, 2.45) is 0 Å². The summed E-state index contributed by atoms with van der Waals surface area (Å²) in [5.41, 5.74) is -0.955. The van der Waals surface area contributed by atoms with Gasteiger partial charge in [-0.15, -0.1) is 0 Å². The molecular weight excluding hydrogens is 289 g/mol. The lowest BCUT2D eigenvalue weighted by atomic mass is 10.1. The topological polar surface area (TPSA) is 41.5 Å². The highest BCUT2D eigenvalue weighted by Gasteiger charge is 2.21.